The van der Waals surface area contributed by atoms with Gasteiger partial charge in [0.15, 0.2) is 0 Å². The lowest BCUT2D eigenvalue weighted by atomic mass is 10.1. The lowest BCUT2D eigenvalue weighted by Crippen LogP contribution is -2.24. The molecule has 3 N–H and O–H groups in total. The van der Waals surface area contributed by atoms with Crippen LogP contribution in [0.2, 0.25) is 5.02 Å². The maximum absolute atomic E-state index is 12.0. The van der Waals surface area contributed by atoms with Crippen LogP contribution in [0.15, 0.2) is 46.9 Å². The number of anilines is 1. The number of carbonyl (C=O) groups is 1. The predicted molar refractivity (Wildman–Crippen MR) is 81.2 cm³/mol. The molecule has 98 valence electrons. The number of nitrogens with two attached hydrogens (primary N) is 1. The van der Waals surface area contributed by atoms with Gasteiger partial charge in [-0.15, -0.1) is 0 Å². The van der Waals surface area contributed by atoms with E-state index in [-0.39, 0.29) is 5.91 Å². The van der Waals surface area contributed by atoms with Crippen molar-refractivity contribution in [2.45, 2.75) is 6.54 Å². The van der Waals surface area contributed by atoms with E-state index in [1.54, 1.807) is 18.2 Å². The van der Waals surface area contributed by atoms with E-state index in [9.17, 15) is 4.79 Å². The van der Waals surface area contributed by atoms with Gasteiger partial charge in [0.2, 0.25) is 0 Å². The van der Waals surface area contributed by atoms with Gasteiger partial charge in [-0.05, 0) is 29.8 Å². The Hall–Kier alpha value is -1.52. The molecule has 0 heterocycles. The summed E-state index contributed by atoms with van der Waals surface area (Å²) in [6.07, 6.45) is 0. The van der Waals surface area contributed by atoms with Gasteiger partial charge in [0.25, 0.3) is 5.91 Å². The fraction of sp³-hybridized carbons (Fsp3) is 0.0714. The Morgan fingerprint density at radius 3 is 2.53 bits per heavy atom. The van der Waals surface area contributed by atoms with Crippen molar-refractivity contribution in [1.82, 2.24) is 5.32 Å². The number of hydrogen-bond donors (Lipinski definition) is 2. The molecular weight excluding hydrogens is 328 g/mol. The molecule has 0 unspecified atom stereocenters. The summed E-state index contributed by atoms with van der Waals surface area (Å²) in [7, 11) is 0. The van der Waals surface area contributed by atoms with Crippen LogP contribution in [0.25, 0.3) is 0 Å². The van der Waals surface area contributed by atoms with Gasteiger partial charge in [-0.25, -0.2) is 0 Å². The number of carbonyl (C=O) groups excluding carboxylic acids is 1. The molecule has 2 rings (SSSR count). The van der Waals surface area contributed by atoms with Crippen LogP contribution in [-0.4, -0.2) is 5.91 Å². The van der Waals surface area contributed by atoms with Crippen LogP contribution in [-0.2, 0) is 6.54 Å². The molecule has 0 saturated carbocycles. The second-order valence-electron chi connectivity index (χ2n) is 4.01. The summed E-state index contributed by atoms with van der Waals surface area (Å²) >= 11 is 9.34. The topological polar surface area (TPSA) is 55.1 Å². The Balaban J connectivity index is 2.07. The minimum atomic E-state index is -0.272. The molecular formula is C14H12BrClN2O. The highest BCUT2D eigenvalue weighted by Gasteiger charge is 2.13. The van der Waals surface area contributed by atoms with Crippen LogP contribution < -0.4 is 11.1 Å². The number of hydrogen-bond acceptors (Lipinski definition) is 2. The molecule has 1 amide bonds. The summed E-state index contributed by atoms with van der Waals surface area (Å²) in [5.74, 6) is -0.272. The van der Waals surface area contributed by atoms with Gasteiger partial charge in [0.1, 0.15) is 0 Å². The van der Waals surface area contributed by atoms with Crippen LogP contribution in [0.5, 0.6) is 0 Å². The normalized spacial score (nSPS) is 10.2. The first kappa shape index (κ1) is 13.9. The van der Waals surface area contributed by atoms with Crippen molar-refractivity contribution < 1.29 is 4.79 Å². The van der Waals surface area contributed by atoms with Crippen LogP contribution in [0.1, 0.15) is 15.9 Å². The molecule has 3 nitrogen and oxygen atoms in total. The molecule has 0 aromatic heterocycles. The van der Waals surface area contributed by atoms with Crippen molar-refractivity contribution in [3.63, 3.8) is 0 Å². The monoisotopic (exact) mass is 338 g/mol. The Morgan fingerprint density at radius 1 is 1.21 bits per heavy atom. The maximum Gasteiger partial charge on any atom is 0.255 e. The molecule has 5 heteroatoms. The van der Waals surface area contributed by atoms with Crippen molar-refractivity contribution in [1.29, 1.82) is 0 Å². The van der Waals surface area contributed by atoms with Gasteiger partial charge >= 0.3 is 0 Å². The highest BCUT2D eigenvalue weighted by atomic mass is 79.9. The summed E-state index contributed by atoms with van der Waals surface area (Å²) in [4.78, 5) is 12.0. The van der Waals surface area contributed by atoms with Crippen LogP contribution in [0.3, 0.4) is 0 Å². The number of amides is 1. The zero-order chi connectivity index (χ0) is 13.8. The number of nitrogens with one attached hydrogen (secondary N) is 1. The van der Waals surface area contributed by atoms with E-state index in [1.807, 2.05) is 24.3 Å². The van der Waals surface area contributed by atoms with E-state index in [0.717, 1.165) is 10.0 Å². The van der Waals surface area contributed by atoms with E-state index in [0.29, 0.717) is 22.8 Å². The molecule has 19 heavy (non-hydrogen) atoms. The van der Waals surface area contributed by atoms with Crippen LogP contribution in [0, 0.1) is 0 Å². The lowest BCUT2D eigenvalue weighted by Gasteiger charge is -2.09. The SMILES string of the molecule is Nc1cccc(Cl)c1C(=O)NCc1ccc(Br)cc1. The molecule has 0 bridgehead atoms. The van der Waals surface area contributed by atoms with E-state index >= 15 is 0 Å². The zero-order valence-electron chi connectivity index (χ0n) is 9.99. The third-order valence-corrected chi connectivity index (χ3v) is 3.48. The molecule has 0 saturated heterocycles. The molecule has 0 fully saturated rings. The van der Waals surface area contributed by atoms with Gasteiger partial charge in [0.05, 0.1) is 10.6 Å². The molecule has 2 aromatic carbocycles. The second-order valence-corrected chi connectivity index (χ2v) is 5.34. The van der Waals surface area contributed by atoms with Gasteiger partial charge in [-0.3, -0.25) is 4.79 Å². The Labute approximate surface area is 124 Å². The maximum atomic E-state index is 12.0. The first-order valence-electron chi connectivity index (χ1n) is 5.64. The molecule has 0 aliphatic rings. The molecule has 0 atom stereocenters. The highest BCUT2D eigenvalue weighted by Crippen LogP contribution is 2.21. The first-order chi connectivity index (χ1) is 9.08. The number of halogens is 2. The summed E-state index contributed by atoms with van der Waals surface area (Å²) in [5.41, 5.74) is 7.46. The molecule has 0 aliphatic heterocycles. The Morgan fingerprint density at radius 2 is 1.89 bits per heavy atom. The summed E-state index contributed by atoms with van der Waals surface area (Å²) in [6.45, 7) is 0.427. The van der Waals surface area contributed by atoms with Crippen molar-refractivity contribution in [2.75, 3.05) is 5.73 Å². The average molecular weight is 340 g/mol. The number of nitrogen functional groups attached to an aromatic ring is 1. The quantitative estimate of drug-likeness (QED) is 0.839. The Bertz CT molecular complexity index is 579. The predicted octanol–water partition coefficient (Wildman–Crippen LogP) is 3.61. The van der Waals surface area contributed by atoms with Gasteiger partial charge in [-0.1, -0.05) is 45.7 Å². The van der Waals surface area contributed by atoms with E-state index in [1.165, 1.54) is 0 Å². The highest BCUT2D eigenvalue weighted by molar-refractivity contribution is 9.10. The average Bonchev–Trinajstić information content (AvgIpc) is 2.38. The minimum Gasteiger partial charge on any atom is -0.398 e. The van der Waals surface area contributed by atoms with Crippen LogP contribution >= 0.6 is 27.5 Å². The van der Waals surface area contributed by atoms with E-state index in [4.69, 9.17) is 17.3 Å². The van der Waals surface area contributed by atoms with Gasteiger partial charge in [0, 0.05) is 16.7 Å². The summed E-state index contributed by atoms with van der Waals surface area (Å²) in [5, 5.41) is 3.15. The Kier molecular flexibility index (Phi) is 4.45. The summed E-state index contributed by atoms with van der Waals surface area (Å²) in [6, 6.07) is 12.7. The van der Waals surface area contributed by atoms with E-state index in [2.05, 4.69) is 21.2 Å². The van der Waals surface area contributed by atoms with Crippen molar-refractivity contribution in [2.24, 2.45) is 0 Å². The van der Waals surface area contributed by atoms with E-state index < -0.39 is 0 Å². The smallest absolute Gasteiger partial charge is 0.255 e. The minimum absolute atomic E-state index is 0.272. The van der Waals surface area contributed by atoms with Gasteiger partial charge in [-0.2, -0.15) is 0 Å². The second kappa shape index (κ2) is 6.08. The molecule has 0 radical (unpaired) electrons. The fourth-order valence-electron chi connectivity index (χ4n) is 1.65. The first-order valence-corrected chi connectivity index (χ1v) is 6.81. The van der Waals surface area contributed by atoms with Crippen molar-refractivity contribution >= 4 is 39.1 Å². The number of benzene rings is 2. The third-order valence-electron chi connectivity index (χ3n) is 2.64. The largest absolute Gasteiger partial charge is 0.398 e. The standard InChI is InChI=1S/C14H12BrClN2O/c15-10-6-4-9(5-7-10)8-18-14(19)13-11(16)2-1-3-12(13)17/h1-7H,8,17H2,(H,18,19). The fourth-order valence-corrected chi connectivity index (χ4v) is 2.19. The summed E-state index contributed by atoms with van der Waals surface area (Å²) < 4.78 is 0.998. The van der Waals surface area contributed by atoms with Crippen molar-refractivity contribution in [3.05, 3.63) is 63.1 Å². The lowest BCUT2D eigenvalue weighted by molar-refractivity contribution is 0.0952. The molecule has 0 aliphatic carbocycles. The molecule has 2 aromatic rings. The number of rotatable bonds is 3. The van der Waals surface area contributed by atoms with Gasteiger partial charge < -0.3 is 11.1 Å². The third kappa shape index (κ3) is 3.49. The zero-order valence-corrected chi connectivity index (χ0v) is 12.3. The molecule has 0 spiro atoms. The van der Waals surface area contributed by atoms with Crippen molar-refractivity contribution in [3.8, 4) is 0 Å². The van der Waals surface area contributed by atoms with Crippen LogP contribution in [0.4, 0.5) is 5.69 Å².